The SMILES string of the molecule is CC(C)(C)OC(=O)N1C[C@@H]2CC[C@H](CO)[C@@H]2C1. The lowest BCUT2D eigenvalue weighted by Gasteiger charge is -2.25. The summed E-state index contributed by atoms with van der Waals surface area (Å²) >= 11 is 0. The number of aliphatic hydroxyl groups is 1. The molecule has 1 saturated carbocycles. The molecule has 0 aromatic heterocycles. The molecule has 2 fully saturated rings. The van der Waals surface area contributed by atoms with E-state index in [2.05, 4.69) is 0 Å². The summed E-state index contributed by atoms with van der Waals surface area (Å²) in [5.74, 6) is 1.43. The maximum atomic E-state index is 11.9. The van der Waals surface area contributed by atoms with Crippen LogP contribution in [-0.2, 0) is 4.74 Å². The Morgan fingerprint density at radius 3 is 2.65 bits per heavy atom. The Kier molecular flexibility index (Phi) is 3.34. The molecule has 0 aromatic carbocycles. The minimum atomic E-state index is -0.425. The van der Waals surface area contributed by atoms with Crippen LogP contribution >= 0.6 is 0 Å². The number of aliphatic hydroxyl groups excluding tert-OH is 1. The Labute approximate surface area is 103 Å². The van der Waals surface area contributed by atoms with E-state index in [9.17, 15) is 9.90 Å². The summed E-state index contributed by atoms with van der Waals surface area (Å²) in [6.45, 7) is 7.47. The third-order valence-corrected chi connectivity index (χ3v) is 3.89. The third-order valence-electron chi connectivity index (χ3n) is 3.89. The highest BCUT2D eigenvalue weighted by atomic mass is 16.6. The molecule has 4 nitrogen and oxygen atoms in total. The Bertz CT molecular complexity index is 298. The molecule has 1 amide bonds. The van der Waals surface area contributed by atoms with Gasteiger partial charge in [-0.15, -0.1) is 0 Å². The van der Waals surface area contributed by atoms with Gasteiger partial charge < -0.3 is 14.7 Å². The van der Waals surface area contributed by atoms with Gasteiger partial charge in [0.05, 0.1) is 0 Å². The number of carbonyl (C=O) groups is 1. The van der Waals surface area contributed by atoms with Gasteiger partial charge in [0.15, 0.2) is 0 Å². The van der Waals surface area contributed by atoms with Crippen molar-refractivity contribution in [3.8, 4) is 0 Å². The standard InChI is InChI=1S/C13H23NO3/c1-13(2,3)17-12(16)14-6-9-4-5-10(8-15)11(9)7-14/h9-11,15H,4-8H2,1-3H3/t9-,10+,11+/m0/s1. The first-order valence-electron chi connectivity index (χ1n) is 6.49. The molecule has 1 aliphatic heterocycles. The van der Waals surface area contributed by atoms with Gasteiger partial charge in [0, 0.05) is 19.7 Å². The van der Waals surface area contributed by atoms with Crippen molar-refractivity contribution in [1.29, 1.82) is 0 Å². The van der Waals surface area contributed by atoms with E-state index in [1.165, 1.54) is 0 Å². The third kappa shape index (κ3) is 2.73. The molecule has 1 aliphatic carbocycles. The molecule has 2 rings (SSSR count). The minimum absolute atomic E-state index is 0.205. The van der Waals surface area contributed by atoms with Gasteiger partial charge in [0.25, 0.3) is 0 Å². The number of rotatable bonds is 1. The molecule has 0 spiro atoms. The van der Waals surface area contributed by atoms with Gasteiger partial charge in [-0.25, -0.2) is 4.79 Å². The van der Waals surface area contributed by atoms with E-state index in [1.54, 1.807) is 0 Å². The molecule has 4 heteroatoms. The molecule has 3 atom stereocenters. The maximum absolute atomic E-state index is 11.9. The summed E-state index contributed by atoms with van der Waals surface area (Å²) in [5, 5.41) is 9.29. The zero-order valence-corrected chi connectivity index (χ0v) is 11.0. The van der Waals surface area contributed by atoms with E-state index in [1.807, 2.05) is 25.7 Å². The zero-order chi connectivity index (χ0) is 12.6. The Morgan fingerprint density at radius 2 is 2.06 bits per heavy atom. The monoisotopic (exact) mass is 241 g/mol. The average molecular weight is 241 g/mol. The van der Waals surface area contributed by atoms with Gasteiger partial charge in [-0.3, -0.25) is 0 Å². The van der Waals surface area contributed by atoms with Crippen LogP contribution in [0.4, 0.5) is 4.79 Å². The number of amides is 1. The van der Waals surface area contributed by atoms with Gasteiger partial charge >= 0.3 is 6.09 Å². The van der Waals surface area contributed by atoms with Crippen LogP contribution in [0.2, 0.25) is 0 Å². The lowest BCUT2D eigenvalue weighted by atomic mass is 9.93. The fraction of sp³-hybridized carbons (Fsp3) is 0.923. The molecule has 0 aromatic rings. The molecule has 0 unspecified atom stereocenters. The fourth-order valence-electron chi connectivity index (χ4n) is 3.08. The molecule has 98 valence electrons. The highest BCUT2D eigenvalue weighted by molar-refractivity contribution is 5.68. The normalized spacial score (nSPS) is 32.7. The maximum Gasteiger partial charge on any atom is 0.410 e. The molecule has 1 heterocycles. The largest absolute Gasteiger partial charge is 0.444 e. The zero-order valence-electron chi connectivity index (χ0n) is 11.0. The van der Waals surface area contributed by atoms with Gasteiger partial charge in [0.1, 0.15) is 5.60 Å². The first kappa shape index (κ1) is 12.7. The van der Waals surface area contributed by atoms with Crippen molar-refractivity contribution < 1.29 is 14.6 Å². The second-order valence-corrected chi connectivity index (χ2v) is 6.33. The van der Waals surface area contributed by atoms with Crippen LogP contribution in [0.5, 0.6) is 0 Å². The van der Waals surface area contributed by atoms with Crippen LogP contribution in [0, 0.1) is 17.8 Å². The summed E-state index contributed by atoms with van der Waals surface area (Å²) < 4.78 is 5.38. The molecule has 2 aliphatic rings. The van der Waals surface area contributed by atoms with Crippen molar-refractivity contribution in [2.24, 2.45) is 17.8 Å². The summed E-state index contributed by atoms with van der Waals surface area (Å²) in [6, 6.07) is 0. The van der Waals surface area contributed by atoms with Gasteiger partial charge in [-0.05, 0) is 51.4 Å². The molecular formula is C13H23NO3. The van der Waals surface area contributed by atoms with Crippen LogP contribution in [0.25, 0.3) is 0 Å². The van der Waals surface area contributed by atoms with E-state index in [0.29, 0.717) is 17.8 Å². The van der Waals surface area contributed by atoms with Crippen LogP contribution in [0.3, 0.4) is 0 Å². The van der Waals surface area contributed by atoms with Crippen LogP contribution < -0.4 is 0 Å². The molecule has 17 heavy (non-hydrogen) atoms. The van der Waals surface area contributed by atoms with Crippen LogP contribution in [-0.4, -0.2) is 41.4 Å². The van der Waals surface area contributed by atoms with Crippen molar-refractivity contribution in [2.45, 2.75) is 39.2 Å². The second-order valence-electron chi connectivity index (χ2n) is 6.33. The number of hydrogen-bond donors (Lipinski definition) is 1. The quantitative estimate of drug-likeness (QED) is 0.762. The van der Waals surface area contributed by atoms with Crippen molar-refractivity contribution in [3.63, 3.8) is 0 Å². The Morgan fingerprint density at radius 1 is 1.35 bits per heavy atom. The van der Waals surface area contributed by atoms with E-state index < -0.39 is 5.60 Å². The summed E-state index contributed by atoms with van der Waals surface area (Å²) in [5.41, 5.74) is -0.425. The first-order valence-corrected chi connectivity index (χ1v) is 6.49. The van der Waals surface area contributed by atoms with E-state index in [4.69, 9.17) is 4.74 Å². The smallest absolute Gasteiger partial charge is 0.410 e. The van der Waals surface area contributed by atoms with E-state index >= 15 is 0 Å². The number of hydrogen-bond acceptors (Lipinski definition) is 3. The summed E-state index contributed by atoms with van der Waals surface area (Å²) in [6.07, 6.45) is 2.03. The molecular weight excluding hydrogens is 218 g/mol. The number of likely N-dealkylation sites (tertiary alicyclic amines) is 1. The van der Waals surface area contributed by atoms with E-state index in [0.717, 1.165) is 25.9 Å². The minimum Gasteiger partial charge on any atom is -0.444 e. The average Bonchev–Trinajstić information content (AvgIpc) is 2.72. The van der Waals surface area contributed by atoms with Gasteiger partial charge in [-0.2, -0.15) is 0 Å². The van der Waals surface area contributed by atoms with Crippen LogP contribution in [0.15, 0.2) is 0 Å². The van der Waals surface area contributed by atoms with Crippen molar-refractivity contribution >= 4 is 6.09 Å². The summed E-state index contributed by atoms with van der Waals surface area (Å²) in [7, 11) is 0. The Hall–Kier alpha value is -0.770. The van der Waals surface area contributed by atoms with Gasteiger partial charge in [0.2, 0.25) is 0 Å². The first-order chi connectivity index (χ1) is 7.90. The molecule has 1 N–H and O–H groups in total. The fourth-order valence-corrected chi connectivity index (χ4v) is 3.08. The van der Waals surface area contributed by atoms with Crippen LogP contribution in [0.1, 0.15) is 33.6 Å². The number of fused-ring (bicyclic) bond motifs is 1. The predicted octanol–water partition coefficient (Wildman–Crippen LogP) is 1.87. The second kappa shape index (κ2) is 4.48. The molecule has 0 radical (unpaired) electrons. The molecule has 1 saturated heterocycles. The number of nitrogens with zero attached hydrogens (tertiary/aromatic N) is 1. The number of carbonyl (C=O) groups excluding carboxylic acids is 1. The van der Waals surface area contributed by atoms with Crippen molar-refractivity contribution in [3.05, 3.63) is 0 Å². The van der Waals surface area contributed by atoms with Gasteiger partial charge in [-0.1, -0.05) is 0 Å². The Balaban J connectivity index is 1.92. The van der Waals surface area contributed by atoms with Crippen molar-refractivity contribution in [1.82, 2.24) is 4.90 Å². The topological polar surface area (TPSA) is 49.8 Å². The summed E-state index contributed by atoms with van der Waals surface area (Å²) in [4.78, 5) is 13.7. The lowest BCUT2D eigenvalue weighted by Crippen LogP contribution is -2.36. The van der Waals surface area contributed by atoms with Crippen molar-refractivity contribution in [2.75, 3.05) is 19.7 Å². The predicted molar refractivity (Wildman–Crippen MR) is 64.6 cm³/mol. The lowest BCUT2D eigenvalue weighted by molar-refractivity contribution is 0.0272. The van der Waals surface area contributed by atoms with E-state index in [-0.39, 0.29) is 12.7 Å². The number of ether oxygens (including phenoxy) is 1. The molecule has 0 bridgehead atoms. The highest BCUT2D eigenvalue weighted by Crippen LogP contribution is 2.42. The highest BCUT2D eigenvalue weighted by Gasteiger charge is 2.44.